The van der Waals surface area contributed by atoms with Crippen LogP contribution in [0.15, 0.2) is 46.0 Å². The summed E-state index contributed by atoms with van der Waals surface area (Å²) in [5.74, 6) is -0.468. The first-order valence-corrected chi connectivity index (χ1v) is 10.0. The van der Waals surface area contributed by atoms with Crippen LogP contribution in [0.25, 0.3) is 0 Å². The summed E-state index contributed by atoms with van der Waals surface area (Å²) >= 11 is 0. The molecule has 3 aromatic rings. The number of hydrogen-bond acceptors (Lipinski definition) is 6. The molecule has 3 rings (SSSR count). The molecule has 4 N–H and O–H groups in total. The van der Waals surface area contributed by atoms with E-state index in [4.69, 9.17) is 4.74 Å². The Hall–Kier alpha value is -3.66. The number of benzene rings is 1. The number of methoxy groups -OCH3 is 1. The van der Waals surface area contributed by atoms with Gasteiger partial charge in [-0.3, -0.25) is 24.2 Å². The maximum absolute atomic E-state index is 12.8. The molecule has 1 aromatic carbocycles. The number of nitrogens with zero attached hydrogens (tertiary/aromatic N) is 2. The van der Waals surface area contributed by atoms with Gasteiger partial charge in [-0.05, 0) is 18.1 Å². The van der Waals surface area contributed by atoms with Crippen molar-refractivity contribution in [1.29, 1.82) is 0 Å². The number of carbonyl (C=O) groups is 1. The predicted octanol–water partition coefficient (Wildman–Crippen LogP) is 1.72. The summed E-state index contributed by atoms with van der Waals surface area (Å²) < 4.78 is 6.33. The molecule has 0 fully saturated rings. The molecule has 1 amide bonds. The van der Waals surface area contributed by atoms with Crippen molar-refractivity contribution in [1.82, 2.24) is 19.7 Å². The Balaban J connectivity index is 1.96. The van der Waals surface area contributed by atoms with E-state index >= 15 is 0 Å². The second-order valence-corrected chi connectivity index (χ2v) is 6.95. The molecule has 0 aliphatic carbocycles. The zero-order valence-electron chi connectivity index (χ0n) is 17.5. The van der Waals surface area contributed by atoms with Gasteiger partial charge in [0.1, 0.15) is 11.5 Å². The van der Waals surface area contributed by atoms with Gasteiger partial charge in [0, 0.05) is 19.3 Å². The van der Waals surface area contributed by atoms with Gasteiger partial charge in [-0.25, -0.2) is 4.79 Å². The fraction of sp³-hybridized carbons (Fsp3) is 0.333. The Morgan fingerprint density at radius 2 is 2.00 bits per heavy atom. The molecule has 0 aliphatic heterocycles. The molecule has 2 aromatic heterocycles. The standard InChI is InChI=1S/C21H26N6O4/c1-3-7-15-12-16(26-25-15)19(28)23-18-17(22-13-14-8-5-4-6-9-14)20(29)24-21(30)27(18)10-11-31-2/h4-6,8-9,12,22H,3,7,10-11,13H2,1-2H3,(H,23,28)(H,25,26)(H,24,29,30). The Morgan fingerprint density at radius 1 is 1.23 bits per heavy atom. The Bertz CT molecular complexity index is 1130. The molecule has 0 radical (unpaired) electrons. The minimum absolute atomic E-state index is 0.0618. The molecule has 0 unspecified atom stereocenters. The van der Waals surface area contributed by atoms with E-state index in [9.17, 15) is 14.4 Å². The van der Waals surface area contributed by atoms with Crippen molar-refractivity contribution in [2.24, 2.45) is 0 Å². The van der Waals surface area contributed by atoms with Crippen molar-refractivity contribution < 1.29 is 9.53 Å². The smallest absolute Gasteiger partial charge is 0.330 e. The van der Waals surface area contributed by atoms with Crippen LogP contribution in [0.4, 0.5) is 11.5 Å². The van der Waals surface area contributed by atoms with Crippen LogP contribution in [0, 0.1) is 0 Å². The number of aromatic nitrogens is 4. The average molecular weight is 426 g/mol. The summed E-state index contributed by atoms with van der Waals surface area (Å²) in [6, 6.07) is 11.1. The van der Waals surface area contributed by atoms with E-state index in [1.54, 1.807) is 6.07 Å². The number of hydrogen-bond donors (Lipinski definition) is 4. The highest BCUT2D eigenvalue weighted by Gasteiger charge is 2.19. The number of H-pyrrole nitrogens is 2. The molecular formula is C21H26N6O4. The molecular weight excluding hydrogens is 400 g/mol. The number of aryl methyl sites for hydroxylation is 1. The first-order chi connectivity index (χ1) is 15.0. The first kappa shape index (κ1) is 22.0. The van der Waals surface area contributed by atoms with Crippen LogP contribution in [0.5, 0.6) is 0 Å². The van der Waals surface area contributed by atoms with Gasteiger partial charge >= 0.3 is 5.69 Å². The number of nitrogens with one attached hydrogen (secondary N) is 4. The van der Waals surface area contributed by atoms with Gasteiger partial charge in [0.15, 0.2) is 5.69 Å². The van der Waals surface area contributed by atoms with Crippen LogP contribution < -0.4 is 21.9 Å². The largest absolute Gasteiger partial charge is 0.383 e. The van der Waals surface area contributed by atoms with E-state index < -0.39 is 17.2 Å². The lowest BCUT2D eigenvalue weighted by atomic mass is 10.2. The van der Waals surface area contributed by atoms with Crippen LogP contribution in [0.3, 0.4) is 0 Å². The van der Waals surface area contributed by atoms with E-state index in [0.29, 0.717) is 6.54 Å². The van der Waals surface area contributed by atoms with Gasteiger partial charge in [-0.2, -0.15) is 5.10 Å². The molecule has 10 heteroatoms. The first-order valence-electron chi connectivity index (χ1n) is 10.0. The average Bonchev–Trinajstić information content (AvgIpc) is 3.23. The van der Waals surface area contributed by atoms with Crippen LogP contribution in [-0.4, -0.2) is 39.4 Å². The van der Waals surface area contributed by atoms with Gasteiger partial charge < -0.3 is 15.4 Å². The summed E-state index contributed by atoms with van der Waals surface area (Å²) in [7, 11) is 1.50. The van der Waals surface area contributed by atoms with E-state index in [-0.39, 0.29) is 30.4 Å². The highest BCUT2D eigenvalue weighted by Crippen LogP contribution is 2.18. The highest BCUT2D eigenvalue weighted by atomic mass is 16.5. The monoisotopic (exact) mass is 426 g/mol. The molecule has 0 spiro atoms. The number of carbonyl (C=O) groups excluding carboxylic acids is 1. The third kappa shape index (κ3) is 5.48. The highest BCUT2D eigenvalue weighted by molar-refractivity contribution is 6.03. The number of ether oxygens (including phenoxy) is 1. The Labute approximate surface area is 178 Å². The van der Waals surface area contributed by atoms with Crippen LogP contribution >= 0.6 is 0 Å². The van der Waals surface area contributed by atoms with Gasteiger partial charge in [-0.15, -0.1) is 0 Å². The second-order valence-electron chi connectivity index (χ2n) is 6.95. The quantitative estimate of drug-likeness (QED) is 0.390. The molecule has 2 heterocycles. The fourth-order valence-corrected chi connectivity index (χ4v) is 3.09. The third-order valence-corrected chi connectivity index (χ3v) is 4.65. The molecule has 164 valence electrons. The van der Waals surface area contributed by atoms with Crippen molar-refractivity contribution >= 4 is 17.4 Å². The number of amides is 1. The van der Waals surface area contributed by atoms with Crippen molar-refractivity contribution in [2.45, 2.75) is 32.9 Å². The molecule has 31 heavy (non-hydrogen) atoms. The maximum atomic E-state index is 12.8. The molecule has 0 bridgehead atoms. The zero-order valence-corrected chi connectivity index (χ0v) is 17.5. The van der Waals surface area contributed by atoms with Crippen molar-refractivity contribution in [3.05, 3.63) is 74.2 Å². The number of rotatable bonds is 10. The molecule has 0 atom stereocenters. The summed E-state index contributed by atoms with van der Waals surface area (Å²) in [4.78, 5) is 40.1. The van der Waals surface area contributed by atoms with Crippen molar-refractivity contribution in [2.75, 3.05) is 24.4 Å². The van der Waals surface area contributed by atoms with Crippen LogP contribution in [0.2, 0.25) is 0 Å². The predicted molar refractivity (Wildman–Crippen MR) is 118 cm³/mol. The normalized spacial score (nSPS) is 10.8. The lowest BCUT2D eigenvalue weighted by molar-refractivity contribution is 0.102. The summed E-state index contributed by atoms with van der Waals surface area (Å²) in [6.45, 7) is 2.72. The maximum Gasteiger partial charge on any atom is 0.330 e. The molecule has 10 nitrogen and oxygen atoms in total. The number of aromatic amines is 2. The molecule has 0 saturated carbocycles. The number of anilines is 2. The van der Waals surface area contributed by atoms with Gasteiger partial charge in [0.05, 0.1) is 13.2 Å². The third-order valence-electron chi connectivity index (χ3n) is 4.65. The van der Waals surface area contributed by atoms with Crippen LogP contribution in [0.1, 0.15) is 35.1 Å². The summed E-state index contributed by atoms with van der Waals surface area (Å²) in [5, 5.41) is 12.6. The Morgan fingerprint density at radius 3 is 2.71 bits per heavy atom. The molecule has 0 saturated heterocycles. The van der Waals surface area contributed by atoms with Crippen molar-refractivity contribution in [3.8, 4) is 0 Å². The van der Waals surface area contributed by atoms with E-state index in [1.165, 1.54) is 11.7 Å². The lowest BCUT2D eigenvalue weighted by Crippen LogP contribution is -2.36. The Kier molecular flexibility index (Phi) is 7.39. The lowest BCUT2D eigenvalue weighted by Gasteiger charge is -2.17. The van der Waals surface area contributed by atoms with E-state index in [0.717, 1.165) is 24.1 Å². The minimum atomic E-state index is -0.642. The fourth-order valence-electron chi connectivity index (χ4n) is 3.09. The van der Waals surface area contributed by atoms with E-state index in [1.807, 2.05) is 37.3 Å². The van der Waals surface area contributed by atoms with Crippen LogP contribution in [-0.2, 0) is 24.2 Å². The SMILES string of the molecule is CCCc1cc(C(=O)Nc2c(NCc3ccccc3)c(=O)[nH]c(=O)n2CCOC)n[nH]1. The minimum Gasteiger partial charge on any atom is -0.383 e. The molecule has 0 aliphatic rings. The van der Waals surface area contributed by atoms with Crippen molar-refractivity contribution in [3.63, 3.8) is 0 Å². The summed E-state index contributed by atoms with van der Waals surface area (Å²) in [5.41, 5.74) is 0.749. The topological polar surface area (TPSA) is 134 Å². The van der Waals surface area contributed by atoms with Gasteiger partial charge in [0.2, 0.25) is 0 Å². The van der Waals surface area contributed by atoms with Gasteiger partial charge in [-0.1, -0.05) is 43.7 Å². The zero-order chi connectivity index (χ0) is 22.2. The second kappa shape index (κ2) is 10.4. The van der Waals surface area contributed by atoms with Gasteiger partial charge in [0.25, 0.3) is 11.5 Å². The van der Waals surface area contributed by atoms with E-state index in [2.05, 4.69) is 25.8 Å². The summed E-state index contributed by atoms with van der Waals surface area (Å²) in [6.07, 6.45) is 1.66.